The predicted octanol–water partition coefficient (Wildman–Crippen LogP) is 2.92. The van der Waals surface area contributed by atoms with Gasteiger partial charge in [-0.3, -0.25) is 9.47 Å². The maximum absolute atomic E-state index is 12.5. The Morgan fingerprint density at radius 2 is 1.98 bits per heavy atom. The summed E-state index contributed by atoms with van der Waals surface area (Å²) < 4.78 is 49.3. The summed E-state index contributed by atoms with van der Waals surface area (Å²) in [7, 11) is 0. The van der Waals surface area contributed by atoms with E-state index < -0.39 is 30.9 Å². The molecule has 12 nitrogen and oxygen atoms in total. The number of halogens is 3. The number of alkyl halides is 3. The van der Waals surface area contributed by atoms with Gasteiger partial charge in [0, 0.05) is 31.1 Å². The standard InChI is InChI=1S/C27H33F3N8O4/c1-13(2)37(10-19-22(39)23(40)26(41-19)38-12-34-21-24(31)32-11-33-25(21)38)15-7-14(8-15)3-6-20-35-17-5-4-16(9-18(17)36-20)42-27(28,29)30/h4-5,9,11-15,19,22-23,26,39-40H,3,6-8,10H2,1-2H3,(H,35,36)(H2,31,32,33)/t14-,15-,19-,22-,23-,26-/m1/s1. The van der Waals surface area contributed by atoms with Crippen molar-refractivity contribution < 1.29 is 32.9 Å². The highest BCUT2D eigenvalue weighted by Crippen LogP contribution is 2.38. The van der Waals surface area contributed by atoms with Gasteiger partial charge in [-0.15, -0.1) is 13.2 Å². The van der Waals surface area contributed by atoms with Gasteiger partial charge in [0.05, 0.1) is 17.4 Å². The van der Waals surface area contributed by atoms with Crippen molar-refractivity contribution in [2.24, 2.45) is 5.92 Å². The average Bonchev–Trinajstić information content (AvgIpc) is 3.58. The van der Waals surface area contributed by atoms with Crippen LogP contribution in [0.3, 0.4) is 0 Å². The van der Waals surface area contributed by atoms with Crippen LogP contribution < -0.4 is 10.5 Å². The third-order valence-corrected chi connectivity index (χ3v) is 8.26. The third kappa shape index (κ3) is 5.61. The van der Waals surface area contributed by atoms with Crippen LogP contribution in [-0.4, -0.2) is 87.9 Å². The molecule has 1 saturated heterocycles. The fourth-order valence-electron chi connectivity index (χ4n) is 6.06. The molecule has 15 heteroatoms. The molecule has 0 spiro atoms. The molecule has 0 amide bonds. The van der Waals surface area contributed by atoms with E-state index in [0.717, 1.165) is 25.1 Å². The summed E-state index contributed by atoms with van der Waals surface area (Å²) in [6.07, 6.45) is -2.24. The number of hydrogen-bond acceptors (Lipinski definition) is 10. The number of rotatable bonds is 9. The summed E-state index contributed by atoms with van der Waals surface area (Å²) in [5.41, 5.74) is 7.80. The monoisotopic (exact) mass is 590 g/mol. The minimum Gasteiger partial charge on any atom is -0.406 e. The topological polar surface area (TPSA) is 160 Å². The molecule has 42 heavy (non-hydrogen) atoms. The molecular formula is C27H33F3N8O4. The Kier molecular flexibility index (Phi) is 7.45. The Labute approximate surface area is 238 Å². The summed E-state index contributed by atoms with van der Waals surface area (Å²) in [6, 6.07) is 4.56. The number of nitrogens with zero attached hydrogens (tertiary/aromatic N) is 6. The van der Waals surface area contributed by atoms with Crippen molar-refractivity contribution in [3.63, 3.8) is 0 Å². The van der Waals surface area contributed by atoms with Crippen molar-refractivity contribution in [1.29, 1.82) is 0 Å². The second kappa shape index (κ2) is 10.9. The number of fused-ring (bicyclic) bond motifs is 2. The molecule has 2 fully saturated rings. The highest BCUT2D eigenvalue weighted by molar-refractivity contribution is 5.81. The number of aromatic amines is 1. The van der Waals surface area contributed by atoms with E-state index in [1.807, 2.05) is 0 Å². The van der Waals surface area contributed by atoms with Gasteiger partial charge in [-0.2, -0.15) is 0 Å². The molecule has 6 rings (SSSR count). The zero-order chi connectivity index (χ0) is 29.8. The van der Waals surface area contributed by atoms with E-state index in [4.69, 9.17) is 10.5 Å². The molecule has 5 N–H and O–H groups in total. The van der Waals surface area contributed by atoms with Gasteiger partial charge in [0.25, 0.3) is 0 Å². The van der Waals surface area contributed by atoms with Gasteiger partial charge in [0.2, 0.25) is 0 Å². The maximum Gasteiger partial charge on any atom is 0.573 e. The number of anilines is 1. The Morgan fingerprint density at radius 3 is 2.71 bits per heavy atom. The van der Waals surface area contributed by atoms with Crippen LogP contribution in [0.5, 0.6) is 5.75 Å². The van der Waals surface area contributed by atoms with E-state index in [0.29, 0.717) is 47.1 Å². The number of aromatic nitrogens is 6. The second-order valence-corrected chi connectivity index (χ2v) is 11.4. The summed E-state index contributed by atoms with van der Waals surface area (Å²) in [6.45, 7) is 4.63. The van der Waals surface area contributed by atoms with Gasteiger partial charge in [0.1, 0.15) is 41.7 Å². The largest absolute Gasteiger partial charge is 0.573 e. The maximum atomic E-state index is 12.5. The molecule has 4 atom stereocenters. The van der Waals surface area contributed by atoms with Gasteiger partial charge in [0.15, 0.2) is 17.7 Å². The first kappa shape index (κ1) is 28.6. The average molecular weight is 591 g/mol. The zero-order valence-electron chi connectivity index (χ0n) is 23.1. The zero-order valence-corrected chi connectivity index (χ0v) is 23.1. The van der Waals surface area contributed by atoms with Crippen molar-refractivity contribution >= 4 is 28.0 Å². The smallest absolute Gasteiger partial charge is 0.406 e. The number of ether oxygens (including phenoxy) is 2. The van der Waals surface area contributed by atoms with Gasteiger partial charge >= 0.3 is 6.36 Å². The highest BCUT2D eigenvalue weighted by atomic mass is 19.4. The third-order valence-electron chi connectivity index (χ3n) is 8.26. The fourth-order valence-corrected chi connectivity index (χ4v) is 6.06. The van der Waals surface area contributed by atoms with Crippen molar-refractivity contribution in [2.75, 3.05) is 12.3 Å². The van der Waals surface area contributed by atoms with E-state index in [1.54, 1.807) is 4.57 Å². The number of hydrogen-bond donors (Lipinski definition) is 4. The number of imidazole rings is 2. The second-order valence-electron chi connectivity index (χ2n) is 11.4. The minimum atomic E-state index is -4.75. The Balaban J connectivity index is 1.04. The van der Waals surface area contributed by atoms with Crippen LogP contribution >= 0.6 is 0 Å². The Morgan fingerprint density at radius 1 is 1.19 bits per heavy atom. The van der Waals surface area contributed by atoms with Gasteiger partial charge < -0.3 is 30.4 Å². The number of nitrogen functional groups attached to an aromatic ring is 1. The summed E-state index contributed by atoms with van der Waals surface area (Å²) in [4.78, 5) is 22.3. The van der Waals surface area contributed by atoms with Gasteiger partial charge in [-0.1, -0.05) is 0 Å². The number of H-pyrrole nitrogens is 1. The van der Waals surface area contributed by atoms with Crippen LogP contribution in [0.1, 0.15) is 45.2 Å². The number of nitrogens with one attached hydrogen (secondary N) is 1. The normalized spacial score (nSPS) is 26.5. The molecule has 2 aliphatic rings. The summed E-state index contributed by atoms with van der Waals surface area (Å²) in [5.74, 6) is 1.11. The van der Waals surface area contributed by atoms with Crippen LogP contribution in [0.2, 0.25) is 0 Å². The lowest BCUT2D eigenvalue weighted by Crippen LogP contribution is -2.52. The van der Waals surface area contributed by atoms with Crippen molar-refractivity contribution in [3.8, 4) is 5.75 Å². The van der Waals surface area contributed by atoms with E-state index in [9.17, 15) is 23.4 Å². The van der Waals surface area contributed by atoms with Crippen LogP contribution in [0.25, 0.3) is 22.2 Å². The molecule has 1 aliphatic heterocycles. The number of nitrogens with two attached hydrogens (primary N) is 1. The molecule has 0 unspecified atom stereocenters. The lowest BCUT2D eigenvalue weighted by molar-refractivity contribution is -0.274. The summed E-state index contributed by atoms with van der Waals surface area (Å²) >= 11 is 0. The van der Waals surface area contributed by atoms with Crippen LogP contribution in [0.4, 0.5) is 19.0 Å². The molecule has 226 valence electrons. The van der Waals surface area contributed by atoms with E-state index >= 15 is 0 Å². The molecular weight excluding hydrogens is 557 g/mol. The first-order valence-electron chi connectivity index (χ1n) is 13.9. The minimum absolute atomic E-state index is 0.188. The molecule has 0 bridgehead atoms. The Bertz CT molecular complexity index is 1550. The Hall–Kier alpha value is -3.53. The predicted molar refractivity (Wildman–Crippen MR) is 145 cm³/mol. The van der Waals surface area contributed by atoms with Crippen molar-refractivity contribution in [1.82, 2.24) is 34.4 Å². The molecule has 1 aliphatic carbocycles. The summed E-state index contributed by atoms with van der Waals surface area (Å²) in [5, 5.41) is 21.7. The highest BCUT2D eigenvalue weighted by Gasteiger charge is 2.46. The van der Waals surface area contributed by atoms with E-state index in [1.165, 1.54) is 30.9 Å². The van der Waals surface area contributed by atoms with Gasteiger partial charge in [-0.05, 0) is 51.2 Å². The molecule has 3 aromatic heterocycles. The van der Waals surface area contributed by atoms with Gasteiger partial charge in [-0.25, -0.2) is 19.9 Å². The van der Waals surface area contributed by atoms with Crippen LogP contribution in [-0.2, 0) is 11.2 Å². The molecule has 4 aromatic rings. The lowest BCUT2D eigenvalue weighted by Gasteiger charge is -2.46. The van der Waals surface area contributed by atoms with Crippen LogP contribution in [0, 0.1) is 5.92 Å². The van der Waals surface area contributed by atoms with E-state index in [2.05, 4.69) is 48.4 Å². The quantitative estimate of drug-likeness (QED) is 0.228. The fraction of sp³-hybridized carbons (Fsp3) is 0.556. The molecule has 1 aromatic carbocycles. The SMILES string of the molecule is CC(C)N(C[C@H]1O[C@@H](n2cnc3c(N)ncnc32)[C@H](O)[C@@H]1O)[C@H]1C[C@H](CCc2nc3cc(OC(F)(F)F)ccc3[nH]2)C1. The first-order chi connectivity index (χ1) is 20.0. The number of benzene rings is 1. The first-order valence-corrected chi connectivity index (χ1v) is 13.9. The number of aliphatic hydroxyl groups is 2. The molecule has 1 saturated carbocycles. The lowest BCUT2D eigenvalue weighted by atomic mass is 9.76. The number of aliphatic hydroxyl groups excluding tert-OH is 2. The number of aryl methyl sites for hydroxylation is 1. The van der Waals surface area contributed by atoms with E-state index in [-0.39, 0.29) is 17.6 Å². The molecule has 0 radical (unpaired) electrons. The molecule has 4 heterocycles. The van der Waals surface area contributed by atoms with Crippen LogP contribution in [0.15, 0.2) is 30.9 Å². The van der Waals surface area contributed by atoms with Crippen molar-refractivity contribution in [2.45, 2.75) is 82.5 Å². The van der Waals surface area contributed by atoms with Crippen molar-refractivity contribution in [3.05, 3.63) is 36.7 Å².